The molecule has 0 heterocycles. The molecule has 3 N–H and O–H groups in total. The highest BCUT2D eigenvalue weighted by Gasteiger charge is 2.03. The minimum absolute atomic E-state index is 0.229. The summed E-state index contributed by atoms with van der Waals surface area (Å²) in [6.45, 7) is 3.00. The van der Waals surface area contributed by atoms with Gasteiger partial charge in [0.15, 0.2) is 0 Å². The molecule has 1 aromatic carbocycles. The SMILES string of the molecule is COc1ccc(CCC(C)NCCCC(N)=O)cc1. The van der Waals surface area contributed by atoms with Crippen molar-refractivity contribution in [1.82, 2.24) is 5.32 Å². The predicted molar refractivity (Wildman–Crippen MR) is 77.2 cm³/mol. The van der Waals surface area contributed by atoms with Gasteiger partial charge in [-0.05, 0) is 50.4 Å². The Morgan fingerprint density at radius 1 is 1.37 bits per heavy atom. The van der Waals surface area contributed by atoms with Crippen LogP contribution >= 0.6 is 0 Å². The lowest BCUT2D eigenvalue weighted by Crippen LogP contribution is -2.28. The summed E-state index contributed by atoms with van der Waals surface area (Å²) < 4.78 is 5.13. The number of ether oxygens (including phenoxy) is 1. The van der Waals surface area contributed by atoms with Gasteiger partial charge < -0.3 is 15.8 Å². The number of primary amides is 1. The first kappa shape index (κ1) is 15.5. The van der Waals surface area contributed by atoms with Gasteiger partial charge in [-0.25, -0.2) is 0 Å². The fourth-order valence-corrected chi connectivity index (χ4v) is 1.89. The maximum absolute atomic E-state index is 10.6. The highest BCUT2D eigenvalue weighted by atomic mass is 16.5. The Bertz CT molecular complexity index is 376. The summed E-state index contributed by atoms with van der Waals surface area (Å²) in [5.41, 5.74) is 6.40. The standard InChI is InChI=1S/C15H24N2O2/c1-12(17-11-3-4-15(16)18)5-6-13-7-9-14(19-2)10-8-13/h7-10,12,17H,3-6,11H2,1-2H3,(H2,16,18). The molecule has 106 valence electrons. The van der Waals surface area contributed by atoms with Crippen molar-refractivity contribution in [3.63, 3.8) is 0 Å². The molecule has 0 aliphatic heterocycles. The maximum Gasteiger partial charge on any atom is 0.217 e. The number of hydrogen-bond donors (Lipinski definition) is 2. The molecule has 1 rings (SSSR count). The van der Waals surface area contributed by atoms with Crippen molar-refractivity contribution in [1.29, 1.82) is 0 Å². The van der Waals surface area contributed by atoms with E-state index in [9.17, 15) is 4.79 Å². The van der Waals surface area contributed by atoms with Crippen LogP contribution in [0.3, 0.4) is 0 Å². The minimum Gasteiger partial charge on any atom is -0.497 e. The van der Waals surface area contributed by atoms with Crippen LogP contribution in [0.25, 0.3) is 0 Å². The number of carbonyl (C=O) groups excluding carboxylic acids is 1. The molecule has 0 fully saturated rings. The number of nitrogens with two attached hydrogens (primary N) is 1. The van der Waals surface area contributed by atoms with Crippen LogP contribution in [0.2, 0.25) is 0 Å². The fourth-order valence-electron chi connectivity index (χ4n) is 1.89. The van der Waals surface area contributed by atoms with E-state index in [1.807, 2.05) is 12.1 Å². The average molecular weight is 264 g/mol. The van der Waals surface area contributed by atoms with Gasteiger partial charge in [0.05, 0.1) is 7.11 Å². The van der Waals surface area contributed by atoms with Crippen molar-refractivity contribution >= 4 is 5.91 Å². The number of nitrogens with one attached hydrogen (secondary N) is 1. The molecular weight excluding hydrogens is 240 g/mol. The summed E-state index contributed by atoms with van der Waals surface area (Å²) in [4.78, 5) is 10.6. The average Bonchev–Trinajstić information content (AvgIpc) is 2.41. The Kier molecular flexibility index (Phi) is 6.97. The van der Waals surface area contributed by atoms with Gasteiger partial charge >= 0.3 is 0 Å². The van der Waals surface area contributed by atoms with E-state index in [0.717, 1.165) is 31.6 Å². The number of methoxy groups -OCH3 is 1. The molecule has 19 heavy (non-hydrogen) atoms. The second-order valence-corrected chi connectivity index (χ2v) is 4.81. The van der Waals surface area contributed by atoms with Crippen molar-refractivity contribution in [2.75, 3.05) is 13.7 Å². The number of benzene rings is 1. The highest BCUT2D eigenvalue weighted by Crippen LogP contribution is 2.13. The lowest BCUT2D eigenvalue weighted by Gasteiger charge is -2.13. The molecule has 4 heteroatoms. The van der Waals surface area contributed by atoms with Gasteiger partial charge in [0.2, 0.25) is 5.91 Å². The van der Waals surface area contributed by atoms with Crippen LogP contribution < -0.4 is 15.8 Å². The van der Waals surface area contributed by atoms with E-state index < -0.39 is 0 Å². The molecule has 1 atom stereocenters. The smallest absolute Gasteiger partial charge is 0.217 e. The lowest BCUT2D eigenvalue weighted by molar-refractivity contribution is -0.118. The van der Waals surface area contributed by atoms with Crippen LogP contribution in [-0.2, 0) is 11.2 Å². The molecule has 1 amide bonds. The summed E-state index contributed by atoms with van der Waals surface area (Å²) in [7, 11) is 1.67. The first-order valence-corrected chi connectivity index (χ1v) is 6.76. The molecule has 0 saturated carbocycles. The number of carbonyl (C=O) groups is 1. The van der Waals surface area contributed by atoms with E-state index in [-0.39, 0.29) is 5.91 Å². The zero-order valence-electron chi connectivity index (χ0n) is 11.8. The van der Waals surface area contributed by atoms with Crippen molar-refractivity contribution < 1.29 is 9.53 Å². The van der Waals surface area contributed by atoms with Crippen molar-refractivity contribution in [3.8, 4) is 5.75 Å². The van der Waals surface area contributed by atoms with Gasteiger partial charge in [0.1, 0.15) is 5.75 Å². The Morgan fingerprint density at radius 2 is 2.05 bits per heavy atom. The third kappa shape index (κ3) is 6.82. The van der Waals surface area contributed by atoms with Crippen LogP contribution in [0.15, 0.2) is 24.3 Å². The maximum atomic E-state index is 10.6. The lowest BCUT2D eigenvalue weighted by atomic mass is 10.1. The quantitative estimate of drug-likeness (QED) is 0.669. The normalized spacial score (nSPS) is 12.1. The molecule has 1 aromatic rings. The van der Waals surface area contributed by atoms with Crippen LogP contribution in [0.4, 0.5) is 0 Å². The van der Waals surface area contributed by atoms with Gasteiger partial charge in [0, 0.05) is 12.5 Å². The number of aryl methyl sites for hydroxylation is 1. The van der Waals surface area contributed by atoms with Crippen LogP contribution in [0.1, 0.15) is 31.7 Å². The molecule has 0 aliphatic carbocycles. The monoisotopic (exact) mass is 264 g/mol. The number of hydrogen-bond acceptors (Lipinski definition) is 3. The molecule has 1 unspecified atom stereocenters. The molecule has 0 aliphatic rings. The molecule has 0 spiro atoms. The van der Waals surface area contributed by atoms with E-state index in [1.165, 1.54) is 5.56 Å². The predicted octanol–water partition coefficient (Wildman–Crippen LogP) is 1.87. The summed E-state index contributed by atoms with van der Waals surface area (Å²) in [6.07, 6.45) is 3.37. The summed E-state index contributed by atoms with van der Waals surface area (Å²) in [5, 5.41) is 3.40. The molecule has 0 bridgehead atoms. The van der Waals surface area contributed by atoms with Crippen molar-refractivity contribution in [2.24, 2.45) is 5.73 Å². The van der Waals surface area contributed by atoms with Crippen LogP contribution in [0, 0.1) is 0 Å². The zero-order chi connectivity index (χ0) is 14.1. The summed E-state index contributed by atoms with van der Waals surface area (Å²) in [5.74, 6) is 0.661. The Morgan fingerprint density at radius 3 is 2.63 bits per heavy atom. The van der Waals surface area contributed by atoms with Crippen molar-refractivity contribution in [2.45, 2.75) is 38.6 Å². The Hall–Kier alpha value is -1.55. The van der Waals surface area contributed by atoms with Crippen LogP contribution in [0.5, 0.6) is 5.75 Å². The highest BCUT2D eigenvalue weighted by molar-refractivity contribution is 5.73. The van der Waals surface area contributed by atoms with Gasteiger partial charge in [-0.2, -0.15) is 0 Å². The van der Waals surface area contributed by atoms with Gasteiger partial charge in [0.25, 0.3) is 0 Å². The summed E-state index contributed by atoms with van der Waals surface area (Å²) >= 11 is 0. The summed E-state index contributed by atoms with van der Waals surface area (Å²) in [6, 6.07) is 8.60. The first-order valence-electron chi connectivity index (χ1n) is 6.76. The Labute approximate surface area is 115 Å². The second kappa shape index (κ2) is 8.53. The van der Waals surface area contributed by atoms with Gasteiger partial charge in [-0.1, -0.05) is 12.1 Å². The molecular formula is C15H24N2O2. The van der Waals surface area contributed by atoms with Crippen molar-refractivity contribution in [3.05, 3.63) is 29.8 Å². The van der Waals surface area contributed by atoms with E-state index in [4.69, 9.17) is 10.5 Å². The number of amides is 1. The van der Waals surface area contributed by atoms with Gasteiger partial charge in [-0.3, -0.25) is 4.79 Å². The van der Waals surface area contributed by atoms with E-state index in [0.29, 0.717) is 12.5 Å². The molecule has 0 saturated heterocycles. The largest absolute Gasteiger partial charge is 0.497 e. The second-order valence-electron chi connectivity index (χ2n) is 4.81. The molecule has 0 aromatic heterocycles. The van der Waals surface area contributed by atoms with E-state index >= 15 is 0 Å². The molecule has 0 radical (unpaired) electrons. The fraction of sp³-hybridized carbons (Fsp3) is 0.533. The van der Waals surface area contributed by atoms with E-state index in [2.05, 4.69) is 24.4 Å². The minimum atomic E-state index is -0.229. The van der Waals surface area contributed by atoms with Crippen LogP contribution in [-0.4, -0.2) is 25.6 Å². The number of rotatable bonds is 9. The molecule has 4 nitrogen and oxygen atoms in total. The third-order valence-electron chi connectivity index (χ3n) is 3.12. The first-order chi connectivity index (χ1) is 9.11. The third-order valence-corrected chi connectivity index (χ3v) is 3.12. The Balaban J connectivity index is 2.18. The van der Waals surface area contributed by atoms with Gasteiger partial charge in [-0.15, -0.1) is 0 Å². The topological polar surface area (TPSA) is 64.3 Å². The van der Waals surface area contributed by atoms with E-state index in [1.54, 1.807) is 7.11 Å². The zero-order valence-corrected chi connectivity index (χ0v) is 11.8.